The van der Waals surface area contributed by atoms with Crippen molar-refractivity contribution in [2.24, 2.45) is 0 Å². The highest BCUT2D eigenvalue weighted by molar-refractivity contribution is 4.82. The van der Waals surface area contributed by atoms with Crippen LogP contribution in [0.25, 0.3) is 0 Å². The van der Waals surface area contributed by atoms with Gasteiger partial charge in [-0.15, -0.1) is 0 Å². The number of ether oxygens (including phenoxy) is 1. The molecular weight excluding hydrogens is 180 g/mol. The fraction of sp³-hybridized carbons (Fsp3) is 1.00. The van der Waals surface area contributed by atoms with E-state index in [-0.39, 0.29) is 12.1 Å². The van der Waals surface area contributed by atoms with E-state index in [9.17, 15) is 5.11 Å². The molecule has 1 saturated heterocycles. The monoisotopic (exact) mass is 202 g/mol. The van der Waals surface area contributed by atoms with E-state index in [0.717, 1.165) is 13.0 Å². The fourth-order valence-corrected chi connectivity index (χ4v) is 1.60. The van der Waals surface area contributed by atoms with Crippen molar-refractivity contribution >= 4 is 0 Å². The quantitative estimate of drug-likeness (QED) is 0.641. The first kappa shape index (κ1) is 11.9. The van der Waals surface area contributed by atoms with Crippen molar-refractivity contribution < 1.29 is 9.84 Å². The molecule has 84 valence electrons. The lowest BCUT2D eigenvalue weighted by Crippen LogP contribution is -2.44. The van der Waals surface area contributed by atoms with E-state index in [0.29, 0.717) is 19.3 Å². The van der Waals surface area contributed by atoms with Gasteiger partial charge in [-0.05, 0) is 34.0 Å². The lowest BCUT2D eigenvalue weighted by molar-refractivity contribution is 0.121. The molecule has 0 radical (unpaired) electrons. The number of hydrogen-bond acceptors (Lipinski definition) is 4. The van der Waals surface area contributed by atoms with Crippen molar-refractivity contribution in [1.29, 1.82) is 0 Å². The normalized spacial score (nSPS) is 29.8. The summed E-state index contributed by atoms with van der Waals surface area (Å²) in [7, 11) is 4.14. The van der Waals surface area contributed by atoms with Crippen molar-refractivity contribution in [3.8, 4) is 0 Å². The molecule has 14 heavy (non-hydrogen) atoms. The maximum Gasteiger partial charge on any atom is 0.0948 e. The third-order valence-corrected chi connectivity index (χ3v) is 2.56. The maximum absolute atomic E-state index is 9.52. The fourth-order valence-electron chi connectivity index (χ4n) is 1.60. The van der Waals surface area contributed by atoms with Crippen LogP contribution in [0.1, 0.15) is 13.3 Å². The summed E-state index contributed by atoms with van der Waals surface area (Å²) < 4.78 is 5.17. The Labute approximate surface area is 86.2 Å². The highest BCUT2D eigenvalue weighted by atomic mass is 16.5. The van der Waals surface area contributed by atoms with Gasteiger partial charge in [0.15, 0.2) is 0 Å². The number of hydrogen-bond donors (Lipinski definition) is 2. The van der Waals surface area contributed by atoms with Gasteiger partial charge in [0.2, 0.25) is 0 Å². The zero-order chi connectivity index (χ0) is 10.6. The Kier molecular flexibility index (Phi) is 4.81. The molecular formula is C10H22N2O2. The average Bonchev–Trinajstić information content (AvgIpc) is 2.49. The molecule has 1 fully saturated rings. The van der Waals surface area contributed by atoms with Gasteiger partial charge >= 0.3 is 0 Å². The number of rotatable bonds is 5. The second-order valence-corrected chi connectivity index (χ2v) is 4.37. The topological polar surface area (TPSA) is 44.7 Å². The molecule has 1 aliphatic rings. The molecule has 0 aromatic carbocycles. The van der Waals surface area contributed by atoms with E-state index in [1.807, 2.05) is 0 Å². The van der Waals surface area contributed by atoms with E-state index >= 15 is 0 Å². The minimum absolute atomic E-state index is 0.118. The van der Waals surface area contributed by atoms with Gasteiger partial charge in [-0.25, -0.2) is 0 Å². The highest BCUT2D eigenvalue weighted by Crippen LogP contribution is 2.06. The van der Waals surface area contributed by atoms with Gasteiger partial charge in [-0.1, -0.05) is 0 Å². The molecule has 0 spiro atoms. The third-order valence-electron chi connectivity index (χ3n) is 2.56. The van der Waals surface area contributed by atoms with Crippen LogP contribution in [0.2, 0.25) is 0 Å². The Bertz CT molecular complexity index is 164. The maximum atomic E-state index is 9.52. The van der Waals surface area contributed by atoms with Crippen molar-refractivity contribution in [1.82, 2.24) is 10.2 Å². The van der Waals surface area contributed by atoms with Crippen LogP contribution in [-0.2, 0) is 4.74 Å². The number of nitrogens with one attached hydrogen (secondary N) is 1. The van der Waals surface area contributed by atoms with Gasteiger partial charge in [0.05, 0.1) is 25.4 Å². The average molecular weight is 202 g/mol. The largest absolute Gasteiger partial charge is 0.389 e. The van der Waals surface area contributed by atoms with Gasteiger partial charge in [0, 0.05) is 6.04 Å². The van der Waals surface area contributed by atoms with Gasteiger partial charge in [-0.3, -0.25) is 0 Å². The number of aliphatic hydroxyl groups excluding tert-OH is 1. The minimum Gasteiger partial charge on any atom is -0.389 e. The van der Waals surface area contributed by atoms with Crippen LogP contribution in [-0.4, -0.2) is 62.0 Å². The lowest BCUT2D eigenvalue weighted by atomic mass is 10.1. The standard InChI is InChI=1S/C10H22N2O2/c1-8(4-5-12(2)3)11-9-6-14-7-10(9)13/h8-11,13H,4-7H2,1-3H3. The van der Waals surface area contributed by atoms with Crippen LogP contribution in [0, 0.1) is 0 Å². The smallest absolute Gasteiger partial charge is 0.0948 e. The molecule has 0 aromatic heterocycles. The second kappa shape index (κ2) is 5.66. The van der Waals surface area contributed by atoms with Crippen molar-refractivity contribution in [2.45, 2.75) is 31.5 Å². The molecule has 2 N–H and O–H groups in total. The summed E-state index contributed by atoms with van der Waals surface area (Å²) in [6.07, 6.45) is 0.757. The van der Waals surface area contributed by atoms with E-state index in [1.54, 1.807) is 0 Å². The molecule has 4 nitrogen and oxygen atoms in total. The van der Waals surface area contributed by atoms with Crippen molar-refractivity contribution in [2.75, 3.05) is 33.9 Å². The molecule has 1 heterocycles. The van der Waals surface area contributed by atoms with Gasteiger partial charge in [-0.2, -0.15) is 0 Å². The molecule has 4 heteroatoms. The zero-order valence-electron chi connectivity index (χ0n) is 9.36. The van der Waals surface area contributed by atoms with Gasteiger partial charge < -0.3 is 20.1 Å². The predicted octanol–water partition coefficient (Wildman–Crippen LogP) is -0.324. The summed E-state index contributed by atoms with van der Waals surface area (Å²) in [5.41, 5.74) is 0. The van der Waals surface area contributed by atoms with Crippen LogP contribution < -0.4 is 5.32 Å². The van der Waals surface area contributed by atoms with Crippen LogP contribution >= 0.6 is 0 Å². The first-order valence-electron chi connectivity index (χ1n) is 5.26. The van der Waals surface area contributed by atoms with E-state index in [4.69, 9.17) is 4.74 Å². The van der Waals surface area contributed by atoms with Crippen molar-refractivity contribution in [3.63, 3.8) is 0 Å². The van der Waals surface area contributed by atoms with E-state index in [1.165, 1.54) is 0 Å². The minimum atomic E-state index is -0.336. The molecule has 3 atom stereocenters. The zero-order valence-corrected chi connectivity index (χ0v) is 9.36. The summed E-state index contributed by atoms with van der Waals surface area (Å²) in [5.74, 6) is 0. The van der Waals surface area contributed by atoms with E-state index in [2.05, 4.69) is 31.2 Å². The Morgan fingerprint density at radius 3 is 2.71 bits per heavy atom. The molecule has 0 amide bonds. The summed E-state index contributed by atoms with van der Waals surface area (Å²) in [5, 5.41) is 12.9. The predicted molar refractivity (Wildman–Crippen MR) is 56.4 cm³/mol. The van der Waals surface area contributed by atoms with Crippen LogP contribution in [0.3, 0.4) is 0 Å². The van der Waals surface area contributed by atoms with E-state index < -0.39 is 0 Å². The second-order valence-electron chi connectivity index (χ2n) is 4.37. The number of aliphatic hydroxyl groups is 1. The van der Waals surface area contributed by atoms with Gasteiger partial charge in [0.1, 0.15) is 0 Å². The highest BCUT2D eigenvalue weighted by Gasteiger charge is 2.26. The Morgan fingerprint density at radius 2 is 2.21 bits per heavy atom. The molecule has 0 saturated carbocycles. The third kappa shape index (κ3) is 3.92. The molecule has 1 rings (SSSR count). The SMILES string of the molecule is CC(CCN(C)C)NC1COCC1O. The Morgan fingerprint density at radius 1 is 1.50 bits per heavy atom. The molecule has 3 unspecified atom stereocenters. The Balaban J connectivity index is 2.16. The Hall–Kier alpha value is -0.160. The van der Waals surface area contributed by atoms with Crippen molar-refractivity contribution in [3.05, 3.63) is 0 Å². The van der Waals surface area contributed by atoms with Gasteiger partial charge in [0.25, 0.3) is 0 Å². The summed E-state index contributed by atoms with van der Waals surface area (Å²) in [4.78, 5) is 2.17. The number of nitrogens with zero attached hydrogens (tertiary/aromatic N) is 1. The van der Waals surface area contributed by atoms with Crippen LogP contribution in [0.4, 0.5) is 0 Å². The van der Waals surface area contributed by atoms with Crippen LogP contribution in [0.15, 0.2) is 0 Å². The molecule has 0 aromatic rings. The molecule has 0 bridgehead atoms. The summed E-state index contributed by atoms with van der Waals surface area (Å²) in [6.45, 7) is 4.32. The first-order valence-corrected chi connectivity index (χ1v) is 5.26. The molecule has 0 aliphatic carbocycles. The summed E-state index contributed by atoms with van der Waals surface area (Å²) in [6, 6.07) is 0.547. The lowest BCUT2D eigenvalue weighted by Gasteiger charge is -2.21. The summed E-state index contributed by atoms with van der Waals surface area (Å²) >= 11 is 0. The molecule has 1 aliphatic heterocycles. The van der Waals surface area contributed by atoms with Crippen LogP contribution in [0.5, 0.6) is 0 Å². The first-order chi connectivity index (χ1) is 6.59.